The monoisotopic (exact) mass is 358 g/mol. The van der Waals surface area contributed by atoms with Crippen molar-refractivity contribution in [3.8, 4) is 11.6 Å². The number of benzene rings is 1. The number of nitrogens with zero attached hydrogens (tertiary/aromatic N) is 1. The van der Waals surface area contributed by atoms with Gasteiger partial charge in [0.25, 0.3) is 0 Å². The Balaban J connectivity index is 2.38. The Morgan fingerprint density at radius 3 is 2.90 bits per heavy atom. The maximum Gasteiger partial charge on any atom is 0.224 e. The van der Waals surface area contributed by atoms with Gasteiger partial charge in [-0.2, -0.15) is 0 Å². The van der Waals surface area contributed by atoms with E-state index in [4.69, 9.17) is 16.3 Å². The molecule has 1 aromatic heterocycles. The number of hydrogen-bond donors (Lipinski definition) is 1. The molecule has 1 atom stereocenters. The van der Waals surface area contributed by atoms with Gasteiger partial charge < -0.3 is 10.1 Å². The van der Waals surface area contributed by atoms with E-state index in [0.717, 1.165) is 5.56 Å². The molecule has 0 aliphatic heterocycles. The maximum atomic E-state index is 13.5. The van der Waals surface area contributed by atoms with Crippen molar-refractivity contribution in [2.45, 2.75) is 13.0 Å². The summed E-state index contributed by atoms with van der Waals surface area (Å²) >= 11 is 9.00. The molecule has 2 aromatic rings. The number of hydrogen-bond acceptors (Lipinski definition) is 3. The molecule has 1 N–H and O–H groups in total. The van der Waals surface area contributed by atoms with Crippen LogP contribution in [0.5, 0.6) is 11.6 Å². The summed E-state index contributed by atoms with van der Waals surface area (Å²) in [6.45, 7) is 1.99. The van der Waals surface area contributed by atoms with E-state index < -0.39 is 5.82 Å². The SMILES string of the molecule is CNC(C)c1cccnc1Oc1cc(F)c(Cl)cc1Br. The van der Waals surface area contributed by atoms with E-state index in [1.807, 2.05) is 26.1 Å². The van der Waals surface area contributed by atoms with E-state index in [1.54, 1.807) is 6.20 Å². The maximum absolute atomic E-state index is 13.5. The minimum Gasteiger partial charge on any atom is -0.437 e. The van der Waals surface area contributed by atoms with E-state index in [1.165, 1.54) is 12.1 Å². The first-order valence-electron chi connectivity index (χ1n) is 5.97. The van der Waals surface area contributed by atoms with Crippen LogP contribution in [-0.2, 0) is 0 Å². The van der Waals surface area contributed by atoms with Gasteiger partial charge in [0, 0.05) is 23.9 Å². The summed E-state index contributed by atoms with van der Waals surface area (Å²) in [5.41, 5.74) is 0.886. The highest BCUT2D eigenvalue weighted by molar-refractivity contribution is 9.10. The summed E-state index contributed by atoms with van der Waals surface area (Å²) in [6, 6.07) is 6.48. The molecule has 2 rings (SSSR count). The predicted molar refractivity (Wildman–Crippen MR) is 80.9 cm³/mol. The van der Waals surface area contributed by atoms with Gasteiger partial charge in [0.2, 0.25) is 5.88 Å². The summed E-state index contributed by atoms with van der Waals surface area (Å²) in [5.74, 6) is 0.218. The summed E-state index contributed by atoms with van der Waals surface area (Å²) in [7, 11) is 1.85. The largest absolute Gasteiger partial charge is 0.437 e. The zero-order valence-corrected chi connectivity index (χ0v) is 13.3. The second-order valence-corrected chi connectivity index (χ2v) is 5.47. The highest BCUT2D eigenvalue weighted by Gasteiger charge is 2.14. The lowest BCUT2D eigenvalue weighted by Gasteiger charge is -2.15. The molecule has 1 unspecified atom stereocenters. The molecule has 6 heteroatoms. The summed E-state index contributed by atoms with van der Waals surface area (Å²) < 4.78 is 19.8. The number of halogens is 3. The van der Waals surface area contributed by atoms with Crippen LogP contribution in [0.4, 0.5) is 4.39 Å². The fourth-order valence-corrected chi connectivity index (χ4v) is 2.38. The molecule has 0 aliphatic carbocycles. The topological polar surface area (TPSA) is 34.2 Å². The van der Waals surface area contributed by atoms with Gasteiger partial charge in [-0.25, -0.2) is 9.37 Å². The van der Waals surface area contributed by atoms with E-state index in [-0.39, 0.29) is 11.1 Å². The van der Waals surface area contributed by atoms with E-state index in [9.17, 15) is 4.39 Å². The summed E-state index contributed by atoms with van der Waals surface area (Å²) in [5, 5.41) is 3.15. The quantitative estimate of drug-likeness (QED) is 0.803. The van der Waals surface area contributed by atoms with E-state index in [0.29, 0.717) is 16.1 Å². The van der Waals surface area contributed by atoms with Gasteiger partial charge in [-0.15, -0.1) is 0 Å². The van der Waals surface area contributed by atoms with Crippen LogP contribution in [0.15, 0.2) is 34.9 Å². The lowest BCUT2D eigenvalue weighted by Crippen LogP contribution is -2.13. The minimum atomic E-state index is -0.538. The first kappa shape index (κ1) is 15.2. The molecule has 3 nitrogen and oxygen atoms in total. The number of nitrogens with one attached hydrogen (secondary N) is 1. The van der Waals surface area contributed by atoms with Crippen LogP contribution in [0, 0.1) is 5.82 Å². The molecular weight excluding hydrogens is 347 g/mol. The first-order valence-corrected chi connectivity index (χ1v) is 7.14. The fraction of sp³-hybridized carbons (Fsp3) is 0.214. The average Bonchev–Trinajstić information content (AvgIpc) is 2.44. The van der Waals surface area contributed by atoms with Gasteiger partial charge >= 0.3 is 0 Å². The third-order valence-corrected chi connectivity index (χ3v) is 3.79. The molecule has 0 fully saturated rings. The highest BCUT2D eigenvalue weighted by Crippen LogP contribution is 2.35. The molecule has 0 saturated carbocycles. The Morgan fingerprint density at radius 2 is 2.20 bits per heavy atom. The van der Waals surface area contributed by atoms with Gasteiger partial charge in [-0.3, -0.25) is 0 Å². The molecule has 20 heavy (non-hydrogen) atoms. The van der Waals surface area contributed by atoms with E-state index >= 15 is 0 Å². The zero-order valence-electron chi connectivity index (χ0n) is 11.0. The first-order chi connectivity index (χ1) is 9.52. The van der Waals surface area contributed by atoms with Crippen molar-refractivity contribution in [2.24, 2.45) is 0 Å². The summed E-state index contributed by atoms with van der Waals surface area (Å²) in [6.07, 6.45) is 1.63. The Morgan fingerprint density at radius 1 is 1.45 bits per heavy atom. The van der Waals surface area contributed by atoms with Gasteiger partial charge in [0.15, 0.2) is 0 Å². The van der Waals surface area contributed by atoms with Crippen molar-refractivity contribution in [3.63, 3.8) is 0 Å². The molecule has 0 amide bonds. The van der Waals surface area contributed by atoms with Crippen molar-refractivity contribution in [2.75, 3.05) is 7.05 Å². The van der Waals surface area contributed by atoms with Crippen molar-refractivity contribution in [1.82, 2.24) is 10.3 Å². The minimum absolute atomic E-state index is 0.0362. The Labute approximate surface area is 130 Å². The smallest absolute Gasteiger partial charge is 0.224 e. The van der Waals surface area contributed by atoms with Crippen LogP contribution in [0.1, 0.15) is 18.5 Å². The summed E-state index contributed by atoms with van der Waals surface area (Å²) in [4.78, 5) is 4.20. The van der Waals surface area contributed by atoms with Crippen LogP contribution in [0.2, 0.25) is 5.02 Å². The fourth-order valence-electron chi connectivity index (χ4n) is 1.66. The van der Waals surface area contributed by atoms with E-state index in [2.05, 4.69) is 26.2 Å². The van der Waals surface area contributed by atoms with Gasteiger partial charge in [0.1, 0.15) is 11.6 Å². The van der Waals surface area contributed by atoms with Gasteiger partial charge in [-0.05, 0) is 42.0 Å². The molecular formula is C14H13BrClFN2O. The van der Waals surface area contributed by atoms with Crippen LogP contribution < -0.4 is 10.1 Å². The number of pyridine rings is 1. The lowest BCUT2D eigenvalue weighted by atomic mass is 10.1. The molecule has 1 heterocycles. The molecule has 1 aromatic carbocycles. The number of ether oxygens (including phenoxy) is 1. The second-order valence-electron chi connectivity index (χ2n) is 4.21. The lowest BCUT2D eigenvalue weighted by molar-refractivity contribution is 0.440. The predicted octanol–water partition coefficient (Wildman–Crippen LogP) is 4.71. The van der Waals surface area contributed by atoms with Crippen molar-refractivity contribution in [3.05, 3.63) is 51.3 Å². The van der Waals surface area contributed by atoms with Gasteiger partial charge in [-0.1, -0.05) is 17.7 Å². The number of aromatic nitrogens is 1. The molecule has 106 valence electrons. The Kier molecular flexibility index (Phi) is 4.96. The van der Waals surface area contributed by atoms with Crippen LogP contribution in [-0.4, -0.2) is 12.0 Å². The third-order valence-electron chi connectivity index (χ3n) is 2.88. The van der Waals surface area contributed by atoms with Crippen molar-refractivity contribution >= 4 is 27.5 Å². The average molecular weight is 360 g/mol. The number of rotatable bonds is 4. The normalized spacial score (nSPS) is 12.2. The van der Waals surface area contributed by atoms with Crippen LogP contribution in [0.3, 0.4) is 0 Å². The molecule has 0 radical (unpaired) electrons. The molecule has 0 saturated heterocycles. The third kappa shape index (κ3) is 3.29. The highest BCUT2D eigenvalue weighted by atomic mass is 79.9. The molecule has 0 aliphatic rings. The van der Waals surface area contributed by atoms with Gasteiger partial charge in [0.05, 0.1) is 9.50 Å². The standard InChI is InChI=1S/C14H13BrClFN2O/c1-8(18-2)9-4-3-5-19-14(9)20-13-7-12(17)11(16)6-10(13)15/h3-8,18H,1-2H3. The Hall–Kier alpha value is -1.17. The van der Waals surface area contributed by atoms with Crippen LogP contribution in [0.25, 0.3) is 0 Å². The van der Waals surface area contributed by atoms with Crippen molar-refractivity contribution in [1.29, 1.82) is 0 Å². The molecule has 0 bridgehead atoms. The second kappa shape index (κ2) is 6.52. The molecule has 0 spiro atoms. The zero-order chi connectivity index (χ0) is 14.7. The van der Waals surface area contributed by atoms with Crippen molar-refractivity contribution < 1.29 is 9.13 Å². The Bertz CT molecular complexity index is 624. The van der Waals surface area contributed by atoms with Crippen LogP contribution >= 0.6 is 27.5 Å².